The first-order chi connectivity index (χ1) is 45.7. The number of esters is 4. The van der Waals surface area contributed by atoms with Gasteiger partial charge < -0.3 is 33.8 Å². The summed E-state index contributed by atoms with van der Waals surface area (Å²) in [5, 5.41) is 10.6. The lowest BCUT2D eigenvalue weighted by Gasteiger charge is -2.21. The normalized spacial score (nSPS) is 14.1. The van der Waals surface area contributed by atoms with Gasteiger partial charge in [-0.15, -0.1) is 0 Å². The molecule has 19 heteroatoms. The van der Waals surface area contributed by atoms with Crippen LogP contribution in [0.3, 0.4) is 0 Å². The van der Waals surface area contributed by atoms with Gasteiger partial charge in [0, 0.05) is 25.7 Å². The molecule has 0 aliphatic rings. The van der Waals surface area contributed by atoms with E-state index in [1.54, 1.807) is 0 Å². The molecule has 95 heavy (non-hydrogen) atoms. The molecule has 0 heterocycles. The van der Waals surface area contributed by atoms with Crippen LogP contribution in [0.5, 0.6) is 0 Å². The maximum Gasteiger partial charge on any atom is 0.472 e. The number of phosphoric acid groups is 2. The Hall–Kier alpha value is -1.94. The highest BCUT2D eigenvalue weighted by Gasteiger charge is 2.30. The molecule has 2 unspecified atom stereocenters. The van der Waals surface area contributed by atoms with E-state index >= 15 is 0 Å². The van der Waals surface area contributed by atoms with Crippen LogP contribution in [0.25, 0.3) is 0 Å². The molecule has 0 amide bonds. The molecule has 0 aromatic rings. The Bertz CT molecular complexity index is 1850. The fourth-order valence-electron chi connectivity index (χ4n) is 11.6. The topological polar surface area (TPSA) is 237 Å². The van der Waals surface area contributed by atoms with Crippen LogP contribution in [0.15, 0.2) is 0 Å². The second-order valence-corrected chi connectivity index (χ2v) is 31.7. The van der Waals surface area contributed by atoms with E-state index in [1.165, 1.54) is 186 Å². The maximum atomic E-state index is 13.1. The van der Waals surface area contributed by atoms with Crippen LogP contribution in [0.1, 0.15) is 389 Å². The van der Waals surface area contributed by atoms with Crippen molar-refractivity contribution < 1.29 is 80.2 Å². The lowest BCUT2D eigenvalue weighted by molar-refractivity contribution is -0.161. The van der Waals surface area contributed by atoms with Crippen molar-refractivity contribution in [3.63, 3.8) is 0 Å². The zero-order valence-corrected chi connectivity index (χ0v) is 63.9. The summed E-state index contributed by atoms with van der Waals surface area (Å²) in [6.45, 7) is 11.9. The fourth-order valence-corrected chi connectivity index (χ4v) is 13.2. The highest BCUT2D eigenvalue weighted by atomic mass is 31.2. The molecule has 0 saturated heterocycles. The molecule has 0 radical (unpaired) electrons. The number of hydrogen-bond acceptors (Lipinski definition) is 15. The number of carbonyl (C=O) groups excluding carboxylic acids is 4. The van der Waals surface area contributed by atoms with Crippen molar-refractivity contribution >= 4 is 39.5 Å². The monoisotopic (exact) mass is 1400 g/mol. The third-order valence-electron chi connectivity index (χ3n) is 17.6. The molecular weight excluding hydrogens is 1250 g/mol. The van der Waals surface area contributed by atoms with E-state index in [1.807, 2.05) is 0 Å². The molecule has 3 N–H and O–H groups in total. The number of unbranched alkanes of at least 4 members (excludes halogenated alkanes) is 42. The summed E-state index contributed by atoms with van der Waals surface area (Å²) >= 11 is 0. The minimum absolute atomic E-state index is 0.106. The summed E-state index contributed by atoms with van der Waals surface area (Å²) in [6.07, 6.45) is 52.8. The van der Waals surface area contributed by atoms with E-state index < -0.39 is 97.5 Å². The third-order valence-corrected chi connectivity index (χ3v) is 19.5. The van der Waals surface area contributed by atoms with Gasteiger partial charge in [-0.3, -0.25) is 37.3 Å². The Morgan fingerprint density at radius 1 is 0.284 bits per heavy atom. The highest BCUT2D eigenvalue weighted by Crippen LogP contribution is 2.45. The van der Waals surface area contributed by atoms with Gasteiger partial charge >= 0.3 is 39.5 Å². The zero-order valence-electron chi connectivity index (χ0n) is 62.1. The SMILES string of the molecule is CCCCCCCCCC(=O)OC[C@H](COP(=O)(O)OC[C@H](O)COP(=O)(O)OC[C@@H](COC(=O)CCCCCCCCCCCCCCCC(C)C)OC(=O)CCCCCCCCCCCCCCCCC(C)C)OC(=O)CCCCCCCCCCCCCCC(C)C. The van der Waals surface area contributed by atoms with E-state index in [2.05, 4.69) is 48.5 Å². The van der Waals surface area contributed by atoms with Crippen LogP contribution >= 0.6 is 15.6 Å². The van der Waals surface area contributed by atoms with Gasteiger partial charge in [-0.1, -0.05) is 337 Å². The van der Waals surface area contributed by atoms with Gasteiger partial charge in [0.1, 0.15) is 19.3 Å². The summed E-state index contributed by atoms with van der Waals surface area (Å²) in [5.41, 5.74) is 0. The third kappa shape index (κ3) is 70.3. The smallest absolute Gasteiger partial charge is 0.462 e. The molecule has 0 saturated carbocycles. The largest absolute Gasteiger partial charge is 0.472 e. The maximum absolute atomic E-state index is 13.1. The van der Waals surface area contributed by atoms with Crippen molar-refractivity contribution in [2.75, 3.05) is 39.6 Å². The first kappa shape index (κ1) is 93.1. The van der Waals surface area contributed by atoms with E-state index in [-0.39, 0.29) is 25.7 Å². The Morgan fingerprint density at radius 2 is 0.484 bits per heavy atom. The number of ether oxygens (including phenoxy) is 4. The molecule has 0 rings (SSSR count). The Morgan fingerprint density at radius 3 is 0.716 bits per heavy atom. The number of aliphatic hydroxyl groups excluding tert-OH is 1. The van der Waals surface area contributed by atoms with E-state index in [0.29, 0.717) is 25.7 Å². The predicted molar refractivity (Wildman–Crippen MR) is 386 cm³/mol. The minimum atomic E-state index is -4.96. The molecule has 0 spiro atoms. The van der Waals surface area contributed by atoms with Gasteiger partial charge in [0.2, 0.25) is 0 Å². The standard InChI is InChI=1S/C76H148O17P2/c1-8-9-10-11-33-43-50-57-73(78)86-63-71(92-75(80)60-53-46-39-32-26-20-19-23-29-36-42-49-56-69(6)7)65-90-94(82,83)88-61-70(77)62-89-95(84,85)91-66-72(64-87-74(79)58-51-44-37-30-24-18-14-16-22-28-35-41-48-55-68(4)5)93-76(81)59-52-45-38-31-25-17-13-12-15-21-27-34-40-47-54-67(2)3/h67-72,77H,8-66H2,1-7H3,(H,82,83)(H,84,85)/t70-,71+,72+/m0/s1. The van der Waals surface area contributed by atoms with Crippen molar-refractivity contribution in [1.29, 1.82) is 0 Å². The zero-order chi connectivity index (χ0) is 70.1. The first-order valence-electron chi connectivity index (χ1n) is 39.3. The van der Waals surface area contributed by atoms with Crippen LogP contribution in [0.4, 0.5) is 0 Å². The Labute approximate surface area is 581 Å². The van der Waals surface area contributed by atoms with E-state index in [9.17, 15) is 43.2 Å². The molecule has 17 nitrogen and oxygen atoms in total. The van der Waals surface area contributed by atoms with E-state index in [4.69, 9.17) is 37.0 Å². The van der Waals surface area contributed by atoms with Gasteiger partial charge in [-0.2, -0.15) is 0 Å². The second kappa shape index (κ2) is 66.6. The molecule has 5 atom stereocenters. The van der Waals surface area contributed by atoms with Crippen LogP contribution in [0, 0.1) is 17.8 Å². The summed E-state index contributed by atoms with van der Waals surface area (Å²) in [5.74, 6) is 0.242. The van der Waals surface area contributed by atoms with Crippen LogP contribution < -0.4 is 0 Å². The van der Waals surface area contributed by atoms with Crippen molar-refractivity contribution in [3.05, 3.63) is 0 Å². The average molecular weight is 1400 g/mol. The lowest BCUT2D eigenvalue weighted by Crippen LogP contribution is -2.30. The van der Waals surface area contributed by atoms with Crippen molar-refractivity contribution in [2.24, 2.45) is 17.8 Å². The summed E-state index contributed by atoms with van der Waals surface area (Å²) in [7, 11) is -9.91. The lowest BCUT2D eigenvalue weighted by atomic mass is 10.0. The number of carbonyl (C=O) groups is 4. The molecule has 0 fully saturated rings. The van der Waals surface area contributed by atoms with Gasteiger partial charge in [0.15, 0.2) is 12.2 Å². The average Bonchev–Trinajstić information content (AvgIpc) is 2.42. The number of rotatable bonds is 74. The first-order valence-corrected chi connectivity index (χ1v) is 42.3. The van der Waals surface area contributed by atoms with Gasteiger partial charge in [0.05, 0.1) is 26.4 Å². The van der Waals surface area contributed by atoms with Crippen LogP contribution in [0.2, 0.25) is 0 Å². The van der Waals surface area contributed by atoms with E-state index in [0.717, 1.165) is 120 Å². The number of aliphatic hydroxyl groups is 1. The number of phosphoric ester groups is 2. The number of hydrogen-bond donors (Lipinski definition) is 3. The molecule has 0 bridgehead atoms. The van der Waals surface area contributed by atoms with Crippen molar-refractivity contribution in [1.82, 2.24) is 0 Å². The molecule has 0 aliphatic heterocycles. The van der Waals surface area contributed by atoms with Gasteiger partial charge in [-0.25, -0.2) is 9.13 Å². The summed E-state index contributed by atoms with van der Waals surface area (Å²) < 4.78 is 68.4. The quantitative estimate of drug-likeness (QED) is 0.0222. The summed E-state index contributed by atoms with van der Waals surface area (Å²) in [4.78, 5) is 72.7. The molecule has 564 valence electrons. The summed E-state index contributed by atoms with van der Waals surface area (Å²) in [6, 6.07) is 0. The molecule has 0 aliphatic carbocycles. The Kier molecular flexibility index (Phi) is 65.2. The Balaban J connectivity index is 5.20. The molecule has 0 aromatic carbocycles. The van der Waals surface area contributed by atoms with Crippen LogP contribution in [-0.2, 0) is 65.4 Å². The fraction of sp³-hybridized carbons (Fsp3) is 0.947. The van der Waals surface area contributed by atoms with Crippen molar-refractivity contribution in [2.45, 2.75) is 407 Å². The van der Waals surface area contributed by atoms with Crippen molar-refractivity contribution in [3.8, 4) is 0 Å². The minimum Gasteiger partial charge on any atom is -0.462 e. The highest BCUT2D eigenvalue weighted by molar-refractivity contribution is 7.47. The second-order valence-electron chi connectivity index (χ2n) is 28.8. The predicted octanol–water partition coefficient (Wildman–Crippen LogP) is 22.2. The molecular formula is C76H148O17P2. The van der Waals surface area contributed by atoms with Gasteiger partial charge in [-0.05, 0) is 43.4 Å². The molecule has 0 aromatic heterocycles. The van der Waals surface area contributed by atoms with Gasteiger partial charge in [0.25, 0.3) is 0 Å². The van der Waals surface area contributed by atoms with Crippen LogP contribution in [-0.4, -0.2) is 96.7 Å².